The molecular formula is C96H83F9N22O9. The summed E-state index contributed by atoms with van der Waals surface area (Å²) >= 11 is 0. The highest BCUT2D eigenvalue weighted by Gasteiger charge is 2.34. The largest absolute Gasteiger partial charge is 0.573 e. The van der Waals surface area contributed by atoms with E-state index in [9.17, 15) is 73.1 Å². The number of ether oxygens (including phenoxy) is 2. The number of hydrogen-bond acceptors (Lipinski definition) is 20. The Kier molecular flexibility index (Phi) is 30.9. The summed E-state index contributed by atoms with van der Waals surface area (Å²) in [6.07, 6.45) is -9.64. The van der Waals surface area contributed by atoms with E-state index in [1.807, 2.05) is 154 Å². The van der Waals surface area contributed by atoms with Crippen molar-refractivity contribution < 1.29 is 73.0 Å². The summed E-state index contributed by atoms with van der Waals surface area (Å²) in [7, 11) is 3.15. The van der Waals surface area contributed by atoms with Gasteiger partial charge >= 0.3 is 18.9 Å². The molecule has 0 bridgehead atoms. The monoisotopic (exact) mass is 1860 g/mol. The van der Waals surface area contributed by atoms with E-state index in [0.29, 0.717) is 59.1 Å². The van der Waals surface area contributed by atoms with Crippen molar-refractivity contribution in [2.75, 3.05) is 55.6 Å². The molecule has 16 rings (SSSR count). The maximum absolute atomic E-state index is 13.0. The molecule has 0 aliphatic rings. The van der Waals surface area contributed by atoms with Gasteiger partial charge in [-0.05, 0) is 182 Å². The highest BCUT2D eigenvalue weighted by atomic mass is 19.4. The summed E-state index contributed by atoms with van der Waals surface area (Å²) in [6.45, 7) is 6.95. The Morgan fingerprint density at radius 2 is 0.618 bits per heavy atom. The van der Waals surface area contributed by atoms with Crippen LogP contribution in [0.25, 0.3) is 22.7 Å². The van der Waals surface area contributed by atoms with E-state index in [-0.39, 0.29) is 87.2 Å². The topological polar surface area (TPSA) is 367 Å². The molecule has 5 amide bonds. The molecule has 6 aromatic heterocycles. The third-order valence-electron chi connectivity index (χ3n) is 19.9. The van der Waals surface area contributed by atoms with Gasteiger partial charge in [-0.15, -0.1) is 46.7 Å². The number of nitrogens with zero attached hydrogens (tertiary/aromatic N) is 14. The third kappa shape index (κ3) is 26.8. The van der Waals surface area contributed by atoms with Gasteiger partial charge in [-0.3, -0.25) is 60.1 Å². The van der Waals surface area contributed by atoms with Crippen molar-refractivity contribution in [3.63, 3.8) is 0 Å². The number of anilines is 8. The lowest BCUT2D eigenvalue weighted by molar-refractivity contribution is -0.275. The molecule has 0 fully saturated rings. The second-order valence-corrected chi connectivity index (χ2v) is 29.8. The first-order valence-corrected chi connectivity index (χ1v) is 41.4. The summed E-state index contributed by atoms with van der Waals surface area (Å²) in [5.41, 5.74) is 7.51. The number of amides is 5. The minimum absolute atomic E-state index is 0.0335. The normalized spacial score (nSPS) is 11.1. The van der Waals surface area contributed by atoms with Crippen molar-refractivity contribution >= 4 is 77.1 Å². The second kappa shape index (κ2) is 43.9. The third-order valence-corrected chi connectivity index (χ3v) is 19.9. The number of hydrogen-bond donors (Lipinski definition) is 8. The van der Waals surface area contributed by atoms with E-state index < -0.39 is 48.1 Å². The molecule has 694 valence electrons. The first-order valence-electron chi connectivity index (χ1n) is 41.4. The summed E-state index contributed by atoms with van der Waals surface area (Å²) in [6, 6.07) is 79.5. The van der Waals surface area contributed by atoms with Crippen LogP contribution in [0.4, 0.5) is 87.1 Å². The van der Waals surface area contributed by atoms with Crippen LogP contribution in [0.15, 0.2) is 313 Å². The number of nitrogens with one attached hydrogen (secondary N) is 8. The van der Waals surface area contributed by atoms with E-state index in [0.717, 1.165) is 70.5 Å². The molecule has 40 heteroatoms. The van der Waals surface area contributed by atoms with Crippen LogP contribution in [0.3, 0.4) is 0 Å². The molecule has 16 aromatic rings. The maximum atomic E-state index is 13.0. The molecular weight excluding hydrogens is 1780 g/mol. The van der Waals surface area contributed by atoms with Crippen molar-refractivity contribution in [2.24, 2.45) is 14.1 Å². The van der Waals surface area contributed by atoms with E-state index in [4.69, 9.17) is 0 Å². The molecule has 10 aromatic carbocycles. The molecule has 0 aliphatic heterocycles. The molecule has 0 radical (unpaired) electrons. The number of pyridine rings is 2. The Bertz CT molecular complexity index is 6960. The van der Waals surface area contributed by atoms with Crippen LogP contribution in [0.2, 0.25) is 0 Å². The first kappa shape index (κ1) is 95.9. The van der Waals surface area contributed by atoms with Gasteiger partial charge in [0.15, 0.2) is 0 Å². The predicted octanol–water partition coefficient (Wildman–Crippen LogP) is 17.4. The van der Waals surface area contributed by atoms with E-state index >= 15 is 0 Å². The smallest absolute Gasteiger partial charge is 0.406 e. The summed E-state index contributed by atoms with van der Waals surface area (Å²) in [5, 5.41) is 40.1. The van der Waals surface area contributed by atoms with Crippen LogP contribution in [0.5, 0.6) is 11.5 Å². The number of rotatable bonds is 27. The molecule has 8 N–H and O–H groups in total. The van der Waals surface area contributed by atoms with Gasteiger partial charge in [0.2, 0.25) is 41.6 Å². The fourth-order valence-electron chi connectivity index (χ4n) is 12.9. The van der Waals surface area contributed by atoms with Gasteiger partial charge in [0.25, 0.3) is 46.6 Å². The predicted molar refractivity (Wildman–Crippen MR) is 492 cm³/mol. The van der Waals surface area contributed by atoms with Crippen LogP contribution in [-0.4, -0.2) is 124 Å². The molecule has 0 spiro atoms. The Morgan fingerprint density at radius 3 is 0.963 bits per heavy atom. The summed E-state index contributed by atoms with van der Waals surface area (Å²) in [4.78, 5) is 105. The number of carbonyl (C=O) groups is 5. The van der Waals surface area contributed by atoms with Gasteiger partial charge in [-0.25, -0.2) is 0 Å². The van der Waals surface area contributed by atoms with E-state index in [2.05, 4.69) is 92.3 Å². The lowest BCUT2D eigenvalue weighted by Gasteiger charge is -2.11. The van der Waals surface area contributed by atoms with Crippen LogP contribution < -0.4 is 63.1 Å². The highest BCUT2D eigenvalue weighted by molar-refractivity contribution is 6.07. The highest BCUT2D eigenvalue weighted by Crippen LogP contribution is 2.33. The lowest BCUT2D eigenvalue weighted by Crippen LogP contribution is -2.21. The van der Waals surface area contributed by atoms with Gasteiger partial charge in [0.05, 0.1) is 28.3 Å². The van der Waals surface area contributed by atoms with Crippen molar-refractivity contribution in [1.29, 1.82) is 0 Å². The Balaban J connectivity index is 0.000000153. The number of benzene rings is 10. The molecule has 0 atom stereocenters. The molecule has 6 heterocycles. The zero-order valence-corrected chi connectivity index (χ0v) is 72.7. The first-order chi connectivity index (χ1) is 65.2. The molecule has 136 heavy (non-hydrogen) atoms. The van der Waals surface area contributed by atoms with Crippen LogP contribution in [0.1, 0.15) is 90.7 Å². The van der Waals surface area contributed by atoms with Crippen molar-refractivity contribution in [3.05, 3.63) is 391 Å². The minimum atomic E-state index is -4.80. The van der Waals surface area contributed by atoms with Crippen LogP contribution >= 0.6 is 0 Å². The molecule has 0 unspecified atom stereocenters. The van der Waals surface area contributed by atoms with E-state index in [1.54, 1.807) is 74.8 Å². The van der Waals surface area contributed by atoms with Crippen LogP contribution in [0, 0.1) is 20.8 Å². The standard InChI is InChI=1S/C25H22F3N5O2.C25H22F3N5O.C24H20F3N5O2.C22H19N7O4/c1-17-7-5-6-10-21(17)22(34)30-24-31-23(29-16-15-18-8-3-2-4-9-18)32-33(24)19-11-13-20(14-12-19)35-25(26,27)28;1-17-7-5-6-10-21(17)22(34)30-24-31-23(29-16-15-18-8-3-2-4-9-18)32-33(24)20-13-11-19(12-14-20)25(26,27)28;1-16-7-5-6-10-20(16)21(33)29-23-30-22(28-15-17-8-3-2-4-9-17)31-32(23)18-11-13-19(14-12-18)34-24(25,26)27;1-27-10-8-14(12-17(27)30)19(32)23-21-25-22(29(26-21)16-6-4-3-5-7-16)24-20(33)15-9-11-28(2)18(31)13-15/h2-14H,15-16H2,1H3,(H2,29,30,31,32,34);2-14H,15-16H2,1H3,(H2,29,30,31,32,34);2-14H,15H2,1H3,(H2,28,29,30,31,33);3-13H,1-2H3,(H2,23,24,25,26,32,33). The Labute approximate surface area is 768 Å². The molecule has 0 saturated heterocycles. The number of alkyl halides is 9. The average molecular weight is 1860 g/mol. The van der Waals surface area contributed by atoms with Crippen molar-refractivity contribution in [1.82, 2.24) is 68.2 Å². The maximum Gasteiger partial charge on any atom is 0.573 e. The number of para-hydroxylation sites is 1. The van der Waals surface area contributed by atoms with Gasteiger partial charge in [-0.1, -0.05) is 164 Å². The summed E-state index contributed by atoms with van der Waals surface area (Å²) in [5.74, 6) is -2.05. The number of carbonyl (C=O) groups excluding carboxylic acids is 5. The summed E-state index contributed by atoms with van der Waals surface area (Å²) < 4.78 is 130. The fraction of sp³-hybridized carbons (Fsp3) is 0.135. The zero-order chi connectivity index (χ0) is 96.6. The number of aromatic nitrogens is 14. The number of aryl methyl sites for hydroxylation is 5. The quantitative estimate of drug-likeness (QED) is 0.0222. The van der Waals surface area contributed by atoms with Gasteiger partial charge < -0.3 is 34.6 Å². The van der Waals surface area contributed by atoms with Gasteiger partial charge in [-0.2, -0.15) is 51.8 Å². The molecule has 31 nitrogen and oxygen atoms in total. The average Bonchev–Trinajstić information content (AvgIpc) is 1.68. The number of halogens is 9. The Morgan fingerprint density at radius 1 is 0.324 bits per heavy atom. The molecule has 0 saturated carbocycles. The van der Waals surface area contributed by atoms with Crippen molar-refractivity contribution in [2.45, 2.75) is 59.1 Å². The zero-order valence-electron chi connectivity index (χ0n) is 72.7. The van der Waals surface area contributed by atoms with Crippen LogP contribution in [-0.2, 0) is 39.7 Å². The molecule has 0 aliphatic carbocycles. The lowest BCUT2D eigenvalue weighted by atomic mass is 10.1. The second-order valence-electron chi connectivity index (χ2n) is 29.8. The van der Waals surface area contributed by atoms with E-state index in [1.165, 1.54) is 113 Å². The fourth-order valence-corrected chi connectivity index (χ4v) is 12.9. The van der Waals surface area contributed by atoms with Crippen molar-refractivity contribution in [3.8, 4) is 34.2 Å². The Hall–Kier alpha value is -17.6. The SMILES string of the molecule is Cc1ccccc1C(=O)Nc1nc(NCCc2ccccc2)nn1-c1ccc(C(F)(F)F)cc1.Cc1ccccc1C(=O)Nc1nc(NCCc2ccccc2)nn1-c1ccc(OC(F)(F)F)cc1.Cc1ccccc1C(=O)Nc1nc(NCc2ccccc2)nn1-c1ccc(OC(F)(F)F)cc1.Cn1ccc(C(=O)Nc2nc(NC(=O)c3ccn(C)c(=O)c3)n(-c3ccccc3)n2)cc1=O. The minimum Gasteiger partial charge on any atom is -0.406 e. The van der Waals surface area contributed by atoms with Gasteiger partial charge in [0, 0.05) is 86.1 Å². The van der Waals surface area contributed by atoms with Gasteiger partial charge in [0.1, 0.15) is 11.5 Å².